The lowest BCUT2D eigenvalue weighted by molar-refractivity contribution is -0.126. The number of carbonyl (C=O) groups is 3. The number of carbonyl (C=O) groups excluding carboxylic acids is 3. The molecule has 8 nitrogen and oxygen atoms in total. The molecule has 1 aliphatic heterocycles. The molecule has 1 fully saturated rings. The van der Waals surface area contributed by atoms with E-state index in [-0.39, 0.29) is 18.4 Å². The van der Waals surface area contributed by atoms with Crippen molar-refractivity contribution in [3.05, 3.63) is 24.3 Å². The quantitative estimate of drug-likeness (QED) is 0.605. The van der Waals surface area contributed by atoms with Crippen LogP contribution in [0.3, 0.4) is 0 Å². The van der Waals surface area contributed by atoms with Gasteiger partial charge in [-0.3, -0.25) is 9.59 Å². The summed E-state index contributed by atoms with van der Waals surface area (Å²) in [4.78, 5) is 36.7. The van der Waals surface area contributed by atoms with Gasteiger partial charge in [0.15, 0.2) is 0 Å². The summed E-state index contributed by atoms with van der Waals surface area (Å²) in [5.74, 6) is -0.242. The molecule has 0 aliphatic carbocycles. The van der Waals surface area contributed by atoms with Crippen molar-refractivity contribution in [3.8, 4) is 5.75 Å². The van der Waals surface area contributed by atoms with Gasteiger partial charge in [0.2, 0.25) is 11.8 Å². The van der Waals surface area contributed by atoms with E-state index in [1.807, 2.05) is 13.0 Å². The molecule has 1 saturated heterocycles. The van der Waals surface area contributed by atoms with Crippen LogP contribution in [0.15, 0.2) is 24.3 Å². The van der Waals surface area contributed by atoms with Crippen LogP contribution < -0.4 is 20.7 Å². The van der Waals surface area contributed by atoms with Crippen molar-refractivity contribution >= 4 is 23.5 Å². The van der Waals surface area contributed by atoms with Crippen molar-refractivity contribution in [2.45, 2.75) is 13.3 Å². The molecule has 1 aromatic carbocycles. The summed E-state index contributed by atoms with van der Waals surface area (Å²) in [5, 5.41) is 7.98. The van der Waals surface area contributed by atoms with E-state index in [1.165, 1.54) is 0 Å². The first-order valence-corrected chi connectivity index (χ1v) is 7.91. The Kier molecular flexibility index (Phi) is 6.41. The van der Waals surface area contributed by atoms with Crippen LogP contribution in [0, 0.1) is 0 Å². The summed E-state index contributed by atoms with van der Waals surface area (Å²) in [6.07, 6.45) is -0.285. The van der Waals surface area contributed by atoms with Gasteiger partial charge in [0.05, 0.1) is 12.3 Å². The molecule has 130 valence electrons. The molecule has 4 amide bonds. The third-order valence-corrected chi connectivity index (χ3v) is 3.43. The van der Waals surface area contributed by atoms with Crippen LogP contribution in [0.2, 0.25) is 0 Å². The molecule has 8 heteroatoms. The SMILES string of the molecule is CCOc1ccccc1NC(=O)CC(=O)NCCN1CCNC1=O. The zero-order valence-corrected chi connectivity index (χ0v) is 13.6. The minimum absolute atomic E-state index is 0.130. The van der Waals surface area contributed by atoms with E-state index < -0.39 is 5.91 Å². The van der Waals surface area contributed by atoms with Crippen LogP contribution >= 0.6 is 0 Å². The summed E-state index contributed by atoms with van der Waals surface area (Å²) < 4.78 is 5.42. The van der Waals surface area contributed by atoms with Crippen LogP contribution in [0.4, 0.5) is 10.5 Å². The first-order chi connectivity index (χ1) is 11.6. The fourth-order valence-electron chi connectivity index (χ4n) is 2.31. The Hall–Kier alpha value is -2.77. The first-order valence-electron chi connectivity index (χ1n) is 7.91. The van der Waals surface area contributed by atoms with E-state index in [1.54, 1.807) is 23.1 Å². The van der Waals surface area contributed by atoms with Crippen LogP contribution in [-0.2, 0) is 9.59 Å². The van der Waals surface area contributed by atoms with Gasteiger partial charge < -0.3 is 25.6 Å². The van der Waals surface area contributed by atoms with Crippen molar-refractivity contribution in [3.63, 3.8) is 0 Å². The molecule has 0 aromatic heterocycles. The van der Waals surface area contributed by atoms with E-state index >= 15 is 0 Å². The predicted molar refractivity (Wildman–Crippen MR) is 88.8 cm³/mol. The van der Waals surface area contributed by atoms with Crippen molar-refractivity contribution in [1.82, 2.24) is 15.5 Å². The zero-order valence-electron chi connectivity index (χ0n) is 13.6. The maximum Gasteiger partial charge on any atom is 0.317 e. The van der Waals surface area contributed by atoms with Crippen LogP contribution in [0.5, 0.6) is 5.75 Å². The fourth-order valence-corrected chi connectivity index (χ4v) is 2.31. The number of benzene rings is 1. The maximum absolute atomic E-state index is 11.9. The number of rotatable bonds is 8. The molecule has 24 heavy (non-hydrogen) atoms. The molecular weight excluding hydrogens is 312 g/mol. The Balaban J connectivity index is 1.73. The zero-order chi connectivity index (χ0) is 17.4. The first kappa shape index (κ1) is 17.6. The molecule has 3 N–H and O–H groups in total. The molecule has 0 bridgehead atoms. The predicted octanol–water partition coefficient (Wildman–Crippen LogP) is 0.555. The average molecular weight is 334 g/mol. The second-order valence-electron chi connectivity index (χ2n) is 5.22. The van der Waals surface area contributed by atoms with Gasteiger partial charge >= 0.3 is 6.03 Å². The highest BCUT2D eigenvalue weighted by molar-refractivity contribution is 6.04. The van der Waals surface area contributed by atoms with E-state index in [4.69, 9.17) is 4.74 Å². The molecule has 0 radical (unpaired) electrons. The topological polar surface area (TPSA) is 99.8 Å². The van der Waals surface area contributed by atoms with Crippen LogP contribution in [0.25, 0.3) is 0 Å². The van der Waals surface area contributed by atoms with Crippen molar-refractivity contribution in [1.29, 1.82) is 0 Å². The molecule has 0 spiro atoms. The highest BCUT2D eigenvalue weighted by Gasteiger charge is 2.19. The van der Waals surface area contributed by atoms with Gasteiger partial charge in [0, 0.05) is 26.2 Å². The Labute approximate surface area is 140 Å². The van der Waals surface area contributed by atoms with Crippen molar-refractivity contribution in [2.24, 2.45) is 0 Å². The standard InChI is InChI=1S/C16H22N4O4/c1-2-24-13-6-4-3-5-12(13)19-15(22)11-14(21)17-7-9-20-10-8-18-16(20)23/h3-6H,2,7-11H2,1H3,(H,17,21)(H,18,23)(H,19,22). The summed E-state index contributed by atoms with van der Waals surface area (Å²) in [7, 11) is 0. The highest BCUT2D eigenvalue weighted by Crippen LogP contribution is 2.23. The highest BCUT2D eigenvalue weighted by atomic mass is 16.5. The van der Waals surface area contributed by atoms with E-state index in [0.29, 0.717) is 44.2 Å². The second-order valence-corrected chi connectivity index (χ2v) is 5.22. The van der Waals surface area contributed by atoms with Crippen LogP contribution in [0.1, 0.15) is 13.3 Å². The normalized spacial score (nSPS) is 13.4. The molecule has 0 saturated carbocycles. The molecule has 1 aromatic rings. The molecule has 1 heterocycles. The lowest BCUT2D eigenvalue weighted by Gasteiger charge is -2.14. The van der Waals surface area contributed by atoms with Crippen molar-refractivity contribution < 1.29 is 19.1 Å². The molecule has 1 aliphatic rings. The Morgan fingerprint density at radius 1 is 1.29 bits per heavy atom. The lowest BCUT2D eigenvalue weighted by atomic mass is 10.2. The largest absolute Gasteiger partial charge is 0.492 e. The monoisotopic (exact) mass is 334 g/mol. The number of hydrogen-bond donors (Lipinski definition) is 3. The summed E-state index contributed by atoms with van der Waals surface area (Å²) in [6, 6.07) is 6.92. The van der Waals surface area contributed by atoms with Gasteiger partial charge in [-0.05, 0) is 19.1 Å². The molecule has 0 unspecified atom stereocenters. The maximum atomic E-state index is 11.9. The third kappa shape index (κ3) is 5.15. The van der Waals surface area contributed by atoms with Crippen molar-refractivity contribution in [2.75, 3.05) is 38.1 Å². The van der Waals surface area contributed by atoms with Crippen LogP contribution in [-0.4, -0.2) is 55.5 Å². The van der Waals surface area contributed by atoms with E-state index in [0.717, 1.165) is 0 Å². The summed E-state index contributed by atoms with van der Waals surface area (Å²) >= 11 is 0. The van der Waals surface area contributed by atoms with E-state index in [9.17, 15) is 14.4 Å². The molecule has 0 atom stereocenters. The smallest absolute Gasteiger partial charge is 0.317 e. The number of anilines is 1. The number of ether oxygens (including phenoxy) is 1. The van der Waals surface area contributed by atoms with Gasteiger partial charge in [0.25, 0.3) is 0 Å². The van der Waals surface area contributed by atoms with E-state index in [2.05, 4.69) is 16.0 Å². The van der Waals surface area contributed by atoms with Gasteiger partial charge in [-0.15, -0.1) is 0 Å². The minimum Gasteiger partial charge on any atom is -0.492 e. The number of nitrogens with zero attached hydrogens (tertiary/aromatic N) is 1. The number of nitrogens with one attached hydrogen (secondary N) is 3. The Morgan fingerprint density at radius 2 is 2.08 bits per heavy atom. The average Bonchev–Trinajstić information content (AvgIpc) is 2.95. The van der Waals surface area contributed by atoms with Gasteiger partial charge in [-0.1, -0.05) is 12.1 Å². The van der Waals surface area contributed by atoms with Gasteiger partial charge in [-0.25, -0.2) is 4.79 Å². The minimum atomic E-state index is -0.418. The molecular formula is C16H22N4O4. The number of hydrogen-bond acceptors (Lipinski definition) is 4. The third-order valence-electron chi connectivity index (χ3n) is 3.43. The second kappa shape index (κ2) is 8.76. The number of amides is 4. The number of para-hydroxylation sites is 2. The summed E-state index contributed by atoms with van der Waals surface area (Å²) in [6.45, 7) is 4.32. The van der Waals surface area contributed by atoms with Gasteiger partial charge in [-0.2, -0.15) is 0 Å². The molecule has 2 rings (SSSR count). The fraction of sp³-hybridized carbons (Fsp3) is 0.438. The van der Waals surface area contributed by atoms with Gasteiger partial charge in [0.1, 0.15) is 12.2 Å². The Bertz CT molecular complexity index is 605. The number of urea groups is 1. The summed E-state index contributed by atoms with van der Waals surface area (Å²) in [5.41, 5.74) is 0.533. The lowest BCUT2D eigenvalue weighted by Crippen LogP contribution is -2.37. The Morgan fingerprint density at radius 3 is 2.79 bits per heavy atom.